The second-order valence-electron chi connectivity index (χ2n) is 4.30. The Labute approximate surface area is 112 Å². The Balaban J connectivity index is 1.73. The predicted molar refractivity (Wildman–Crippen MR) is 74.8 cm³/mol. The molecule has 1 saturated carbocycles. The number of thiazole rings is 1. The summed E-state index contributed by atoms with van der Waals surface area (Å²) < 4.78 is 7.56. The first-order chi connectivity index (χ1) is 8.24. The molecule has 3 rings (SSSR count). The summed E-state index contributed by atoms with van der Waals surface area (Å²) >= 11 is 5.17. The van der Waals surface area contributed by atoms with Crippen LogP contribution in [0.3, 0.4) is 0 Å². The molecule has 2 aromatic rings. The van der Waals surface area contributed by atoms with E-state index in [2.05, 4.69) is 44.4 Å². The van der Waals surface area contributed by atoms with Crippen molar-refractivity contribution >= 4 is 42.6 Å². The maximum Gasteiger partial charge on any atom is 0.184 e. The van der Waals surface area contributed by atoms with Crippen LogP contribution in [0.1, 0.15) is 12.8 Å². The first-order valence-electron chi connectivity index (χ1n) is 5.60. The van der Waals surface area contributed by atoms with Crippen molar-refractivity contribution in [2.75, 3.05) is 12.4 Å². The van der Waals surface area contributed by atoms with Gasteiger partial charge in [-0.15, -0.1) is 0 Å². The van der Waals surface area contributed by atoms with E-state index in [1.807, 2.05) is 0 Å². The molecular formula is C12H13BrN2OS. The number of benzene rings is 1. The van der Waals surface area contributed by atoms with Gasteiger partial charge < -0.3 is 10.1 Å². The third-order valence-electron chi connectivity index (χ3n) is 3.11. The highest BCUT2D eigenvalue weighted by Gasteiger charge is 2.29. The SMILES string of the molecule is COC1CC(Nc2nc3cc(Br)ccc3s2)C1. The van der Waals surface area contributed by atoms with Crippen LogP contribution in [0.5, 0.6) is 0 Å². The predicted octanol–water partition coefficient (Wildman–Crippen LogP) is 3.65. The quantitative estimate of drug-likeness (QED) is 0.939. The van der Waals surface area contributed by atoms with Crippen molar-refractivity contribution in [1.82, 2.24) is 4.98 Å². The van der Waals surface area contributed by atoms with E-state index in [1.54, 1.807) is 18.4 Å². The third-order valence-corrected chi connectivity index (χ3v) is 4.57. The highest BCUT2D eigenvalue weighted by molar-refractivity contribution is 9.10. The van der Waals surface area contributed by atoms with Crippen LogP contribution in [0.2, 0.25) is 0 Å². The fourth-order valence-electron chi connectivity index (χ4n) is 2.01. The minimum atomic E-state index is 0.427. The second-order valence-corrected chi connectivity index (χ2v) is 6.25. The Hall–Kier alpha value is -0.650. The van der Waals surface area contributed by atoms with Crippen molar-refractivity contribution in [3.63, 3.8) is 0 Å². The Bertz CT molecular complexity index is 536. The van der Waals surface area contributed by atoms with E-state index in [0.717, 1.165) is 28.0 Å². The van der Waals surface area contributed by atoms with Crippen LogP contribution in [0.4, 0.5) is 5.13 Å². The number of nitrogens with one attached hydrogen (secondary N) is 1. The summed E-state index contributed by atoms with van der Waals surface area (Å²) in [6.45, 7) is 0. The van der Waals surface area contributed by atoms with Gasteiger partial charge in [-0.2, -0.15) is 0 Å². The van der Waals surface area contributed by atoms with Gasteiger partial charge in [-0.05, 0) is 31.0 Å². The maximum absolute atomic E-state index is 5.27. The molecule has 0 spiro atoms. The van der Waals surface area contributed by atoms with Crippen molar-refractivity contribution in [3.8, 4) is 0 Å². The average Bonchev–Trinajstić information content (AvgIpc) is 2.64. The zero-order valence-corrected chi connectivity index (χ0v) is 11.8. The highest BCUT2D eigenvalue weighted by Crippen LogP contribution is 2.32. The molecule has 5 heteroatoms. The maximum atomic E-state index is 5.27. The molecule has 1 fully saturated rings. The standard InChI is InChI=1S/C12H13BrN2OS/c1-16-9-5-8(6-9)14-12-15-10-4-7(13)2-3-11(10)17-12/h2-4,8-9H,5-6H2,1H3,(H,14,15). The molecule has 0 atom stereocenters. The number of rotatable bonds is 3. The smallest absolute Gasteiger partial charge is 0.184 e. The van der Waals surface area contributed by atoms with Crippen molar-refractivity contribution in [1.29, 1.82) is 0 Å². The fourth-order valence-corrected chi connectivity index (χ4v) is 3.28. The van der Waals surface area contributed by atoms with Crippen LogP contribution >= 0.6 is 27.3 Å². The lowest BCUT2D eigenvalue weighted by molar-refractivity contribution is 0.0329. The first-order valence-corrected chi connectivity index (χ1v) is 7.21. The van der Waals surface area contributed by atoms with Crippen LogP contribution in [-0.2, 0) is 4.74 Å². The number of halogens is 1. The summed E-state index contributed by atoms with van der Waals surface area (Å²) in [7, 11) is 1.77. The van der Waals surface area contributed by atoms with Gasteiger partial charge in [-0.1, -0.05) is 27.3 Å². The number of hydrogen-bond donors (Lipinski definition) is 1. The van der Waals surface area contributed by atoms with Crippen molar-refractivity contribution in [2.24, 2.45) is 0 Å². The zero-order valence-electron chi connectivity index (χ0n) is 9.44. The summed E-state index contributed by atoms with van der Waals surface area (Å²) in [5.41, 5.74) is 1.05. The van der Waals surface area contributed by atoms with Crippen LogP contribution in [0, 0.1) is 0 Å². The molecule has 17 heavy (non-hydrogen) atoms. The molecule has 1 aliphatic rings. The summed E-state index contributed by atoms with van der Waals surface area (Å²) in [4.78, 5) is 4.58. The third kappa shape index (κ3) is 2.32. The van der Waals surface area contributed by atoms with Gasteiger partial charge in [0.2, 0.25) is 0 Å². The second kappa shape index (κ2) is 4.55. The first kappa shape index (κ1) is 11.4. The van der Waals surface area contributed by atoms with Gasteiger partial charge in [-0.3, -0.25) is 0 Å². The molecule has 0 unspecified atom stereocenters. The van der Waals surface area contributed by atoms with Crippen LogP contribution in [-0.4, -0.2) is 24.2 Å². The minimum Gasteiger partial charge on any atom is -0.381 e. The molecule has 1 N–H and O–H groups in total. The Morgan fingerprint density at radius 1 is 1.47 bits per heavy atom. The van der Waals surface area contributed by atoms with E-state index in [9.17, 15) is 0 Å². The number of fused-ring (bicyclic) bond motifs is 1. The molecule has 0 radical (unpaired) electrons. The van der Waals surface area contributed by atoms with Gasteiger partial charge in [0.05, 0.1) is 16.3 Å². The van der Waals surface area contributed by atoms with E-state index in [0.29, 0.717) is 12.1 Å². The molecule has 1 aromatic carbocycles. The van der Waals surface area contributed by atoms with Gasteiger partial charge >= 0.3 is 0 Å². The molecule has 0 saturated heterocycles. The van der Waals surface area contributed by atoms with E-state index >= 15 is 0 Å². The molecule has 3 nitrogen and oxygen atoms in total. The zero-order chi connectivity index (χ0) is 11.8. The largest absolute Gasteiger partial charge is 0.381 e. The van der Waals surface area contributed by atoms with Gasteiger partial charge in [0.25, 0.3) is 0 Å². The minimum absolute atomic E-state index is 0.427. The number of anilines is 1. The van der Waals surface area contributed by atoms with E-state index in [1.165, 1.54) is 4.70 Å². The van der Waals surface area contributed by atoms with E-state index in [4.69, 9.17) is 4.74 Å². The lowest BCUT2D eigenvalue weighted by Crippen LogP contribution is -2.40. The summed E-state index contributed by atoms with van der Waals surface area (Å²) in [6.07, 6.45) is 2.59. The Kier molecular flexibility index (Phi) is 3.06. The van der Waals surface area contributed by atoms with Gasteiger partial charge in [0.15, 0.2) is 5.13 Å². The van der Waals surface area contributed by atoms with Gasteiger partial charge in [0.1, 0.15) is 0 Å². The van der Waals surface area contributed by atoms with Crippen LogP contribution in [0.15, 0.2) is 22.7 Å². The van der Waals surface area contributed by atoms with Crippen molar-refractivity contribution in [2.45, 2.75) is 25.0 Å². The molecule has 0 bridgehead atoms. The summed E-state index contributed by atoms with van der Waals surface area (Å²) in [5.74, 6) is 0. The highest BCUT2D eigenvalue weighted by atomic mass is 79.9. The summed E-state index contributed by atoms with van der Waals surface area (Å²) in [6, 6.07) is 6.72. The average molecular weight is 313 g/mol. The lowest BCUT2D eigenvalue weighted by Gasteiger charge is -2.34. The molecule has 90 valence electrons. The van der Waals surface area contributed by atoms with Crippen molar-refractivity contribution in [3.05, 3.63) is 22.7 Å². The van der Waals surface area contributed by atoms with Crippen molar-refractivity contribution < 1.29 is 4.74 Å². The number of aromatic nitrogens is 1. The Morgan fingerprint density at radius 2 is 2.29 bits per heavy atom. The molecule has 0 amide bonds. The van der Waals surface area contributed by atoms with Crippen LogP contribution < -0.4 is 5.32 Å². The molecule has 1 aliphatic carbocycles. The fraction of sp³-hybridized carbons (Fsp3) is 0.417. The van der Waals surface area contributed by atoms with Crippen LogP contribution in [0.25, 0.3) is 10.2 Å². The number of methoxy groups -OCH3 is 1. The monoisotopic (exact) mass is 312 g/mol. The van der Waals surface area contributed by atoms with E-state index < -0.39 is 0 Å². The molecule has 1 heterocycles. The summed E-state index contributed by atoms with van der Waals surface area (Å²) in [5, 5.41) is 4.48. The topological polar surface area (TPSA) is 34.1 Å². The normalized spacial score (nSPS) is 23.6. The molecular weight excluding hydrogens is 300 g/mol. The van der Waals surface area contributed by atoms with Gasteiger partial charge in [-0.25, -0.2) is 4.98 Å². The number of nitrogens with zero attached hydrogens (tertiary/aromatic N) is 1. The number of ether oxygens (including phenoxy) is 1. The molecule has 1 aromatic heterocycles. The lowest BCUT2D eigenvalue weighted by atomic mass is 9.89. The van der Waals surface area contributed by atoms with E-state index in [-0.39, 0.29) is 0 Å². The number of hydrogen-bond acceptors (Lipinski definition) is 4. The Morgan fingerprint density at radius 3 is 3.06 bits per heavy atom. The molecule has 0 aliphatic heterocycles. The van der Waals surface area contributed by atoms with Gasteiger partial charge in [0, 0.05) is 17.6 Å².